The van der Waals surface area contributed by atoms with Crippen molar-refractivity contribution in [2.45, 2.75) is 6.61 Å². The van der Waals surface area contributed by atoms with E-state index < -0.39 is 0 Å². The van der Waals surface area contributed by atoms with E-state index in [2.05, 4.69) is 26.5 Å². The fourth-order valence-corrected chi connectivity index (χ4v) is 2.08. The molecule has 110 valence electrons. The molecule has 0 aromatic heterocycles. The number of hydrogen-bond acceptors (Lipinski definition) is 4. The van der Waals surface area contributed by atoms with Gasteiger partial charge in [-0.3, -0.25) is 0 Å². The molecular weight excluding hydrogens is 332 g/mol. The molecule has 5 heteroatoms. The number of rotatable bonds is 6. The molecule has 0 amide bonds. The van der Waals surface area contributed by atoms with E-state index in [1.165, 1.54) is 0 Å². The van der Waals surface area contributed by atoms with E-state index in [1.807, 2.05) is 42.5 Å². The highest BCUT2D eigenvalue weighted by Gasteiger charge is 2.09. The van der Waals surface area contributed by atoms with Crippen LogP contribution in [0.5, 0.6) is 11.5 Å². The van der Waals surface area contributed by atoms with Crippen molar-refractivity contribution < 1.29 is 9.47 Å². The number of nitrogens with zero attached hydrogens (tertiary/aromatic N) is 1. The molecule has 0 radical (unpaired) electrons. The van der Waals surface area contributed by atoms with Crippen LogP contribution >= 0.6 is 15.9 Å². The van der Waals surface area contributed by atoms with Crippen molar-refractivity contribution in [1.29, 1.82) is 0 Å². The third-order valence-electron chi connectivity index (χ3n) is 2.86. The predicted octanol–water partition coefficient (Wildman–Crippen LogP) is 3.59. The first kappa shape index (κ1) is 15.4. The van der Waals surface area contributed by atoms with E-state index >= 15 is 0 Å². The molecule has 0 bridgehead atoms. The van der Waals surface area contributed by atoms with Crippen molar-refractivity contribution in [3.8, 4) is 11.5 Å². The Morgan fingerprint density at radius 3 is 2.62 bits per heavy atom. The third-order valence-corrected chi connectivity index (χ3v) is 3.39. The number of benzene rings is 2. The molecule has 0 aliphatic rings. The Morgan fingerprint density at radius 2 is 1.95 bits per heavy atom. The van der Waals surface area contributed by atoms with Gasteiger partial charge in [-0.15, -0.1) is 0 Å². The Morgan fingerprint density at radius 1 is 1.19 bits per heavy atom. The molecule has 2 aromatic carbocycles. The molecule has 0 unspecified atom stereocenters. The highest BCUT2D eigenvalue weighted by Crippen LogP contribution is 2.30. The van der Waals surface area contributed by atoms with Gasteiger partial charge in [0.2, 0.25) is 0 Å². The zero-order chi connectivity index (χ0) is 15.1. The maximum Gasteiger partial charge on any atom is 0.170 e. The lowest BCUT2D eigenvalue weighted by Crippen LogP contribution is -2.02. The van der Waals surface area contributed by atoms with Crippen molar-refractivity contribution in [2.75, 3.05) is 14.2 Å². The van der Waals surface area contributed by atoms with Crippen LogP contribution in [0.4, 0.5) is 0 Å². The molecule has 21 heavy (non-hydrogen) atoms. The highest BCUT2D eigenvalue weighted by atomic mass is 79.9. The Kier molecular flexibility index (Phi) is 5.63. The van der Waals surface area contributed by atoms with Gasteiger partial charge in [0.1, 0.15) is 6.61 Å². The Hall–Kier alpha value is -2.01. The standard InChI is InChI=1S/C16H17BrN2O2/c1-18-19-10-13-4-3-5-15(20-2)16(13)21-11-12-6-8-14(17)9-7-12/h3-10,18H,11H2,1-2H3/b19-10+. The van der Waals surface area contributed by atoms with Crippen LogP contribution in [0.2, 0.25) is 0 Å². The van der Waals surface area contributed by atoms with E-state index in [4.69, 9.17) is 9.47 Å². The van der Waals surface area contributed by atoms with Crippen LogP contribution < -0.4 is 14.9 Å². The van der Waals surface area contributed by atoms with Gasteiger partial charge < -0.3 is 14.9 Å². The molecule has 0 saturated heterocycles. The average Bonchev–Trinajstić information content (AvgIpc) is 2.52. The summed E-state index contributed by atoms with van der Waals surface area (Å²) in [5, 5.41) is 4.03. The van der Waals surface area contributed by atoms with E-state index in [-0.39, 0.29) is 0 Å². The zero-order valence-electron chi connectivity index (χ0n) is 12.0. The van der Waals surface area contributed by atoms with E-state index in [9.17, 15) is 0 Å². The van der Waals surface area contributed by atoms with Gasteiger partial charge in [-0.1, -0.05) is 34.1 Å². The lowest BCUT2D eigenvalue weighted by atomic mass is 10.2. The molecular formula is C16H17BrN2O2. The molecule has 0 aliphatic carbocycles. The van der Waals surface area contributed by atoms with Crippen molar-refractivity contribution >= 4 is 22.1 Å². The highest BCUT2D eigenvalue weighted by molar-refractivity contribution is 9.10. The number of halogens is 1. The smallest absolute Gasteiger partial charge is 0.170 e. The van der Waals surface area contributed by atoms with Gasteiger partial charge >= 0.3 is 0 Å². The monoisotopic (exact) mass is 348 g/mol. The third kappa shape index (κ3) is 4.23. The summed E-state index contributed by atoms with van der Waals surface area (Å²) >= 11 is 3.42. The van der Waals surface area contributed by atoms with Crippen LogP contribution in [0.3, 0.4) is 0 Å². The Labute approximate surface area is 132 Å². The second-order valence-electron chi connectivity index (χ2n) is 4.28. The molecule has 0 aliphatic heterocycles. The zero-order valence-corrected chi connectivity index (χ0v) is 13.6. The van der Waals surface area contributed by atoms with Gasteiger partial charge in [-0.2, -0.15) is 5.10 Å². The number of methoxy groups -OCH3 is 1. The van der Waals surface area contributed by atoms with Crippen LogP contribution in [0.25, 0.3) is 0 Å². The van der Waals surface area contributed by atoms with Gasteiger partial charge in [0.15, 0.2) is 11.5 Å². The van der Waals surface area contributed by atoms with Gasteiger partial charge in [-0.25, -0.2) is 0 Å². The van der Waals surface area contributed by atoms with Gasteiger partial charge in [0.05, 0.1) is 13.3 Å². The topological polar surface area (TPSA) is 42.9 Å². The number of nitrogens with one attached hydrogen (secondary N) is 1. The van der Waals surface area contributed by atoms with Gasteiger partial charge in [0, 0.05) is 17.1 Å². The van der Waals surface area contributed by atoms with Crippen LogP contribution in [0.1, 0.15) is 11.1 Å². The maximum absolute atomic E-state index is 5.92. The molecule has 0 heterocycles. The summed E-state index contributed by atoms with van der Waals surface area (Å²) in [5.41, 5.74) is 4.67. The van der Waals surface area contributed by atoms with Crippen molar-refractivity contribution in [2.24, 2.45) is 5.10 Å². The number of ether oxygens (including phenoxy) is 2. The SMILES string of the molecule is CN/N=C/c1cccc(OC)c1OCc1ccc(Br)cc1. The lowest BCUT2D eigenvalue weighted by molar-refractivity contribution is 0.284. The van der Waals surface area contributed by atoms with Crippen molar-refractivity contribution in [3.63, 3.8) is 0 Å². The molecule has 2 aromatic rings. The minimum absolute atomic E-state index is 0.466. The lowest BCUT2D eigenvalue weighted by Gasteiger charge is -2.13. The first-order valence-electron chi connectivity index (χ1n) is 6.48. The summed E-state index contributed by atoms with van der Waals surface area (Å²) in [6, 6.07) is 13.7. The van der Waals surface area contributed by atoms with Gasteiger partial charge in [0.25, 0.3) is 0 Å². The first-order valence-corrected chi connectivity index (χ1v) is 7.28. The van der Waals surface area contributed by atoms with E-state index in [1.54, 1.807) is 20.4 Å². The molecule has 0 saturated carbocycles. The van der Waals surface area contributed by atoms with Crippen molar-refractivity contribution in [1.82, 2.24) is 5.43 Å². The Bertz CT molecular complexity index is 612. The number of hydrazone groups is 1. The normalized spacial score (nSPS) is 10.6. The molecule has 0 atom stereocenters. The van der Waals surface area contributed by atoms with E-state index in [0.29, 0.717) is 18.1 Å². The van der Waals surface area contributed by atoms with Crippen molar-refractivity contribution in [3.05, 3.63) is 58.1 Å². The molecule has 0 spiro atoms. The van der Waals surface area contributed by atoms with Crippen LogP contribution in [-0.2, 0) is 6.61 Å². The summed E-state index contributed by atoms with van der Waals surface area (Å²) in [7, 11) is 3.37. The average molecular weight is 349 g/mol. The maximum atomic E-state index is 5.92. The fourth-order valence-electron chi connectivity index (χ4n) is 1.82. The van der Waals surface area contributed by atoms with Crippen LogP contribution in [0.15, 0.2) is 52.0 Å². The summed E-state index contributed by atoms with van der Waals surface area (Å²) < 4.78 is 12.3. The minimum Gasteiger partial charge on any atom is -0.493 e. The summed E-state index contributed by atoms with van der Waals surface area (Å²) in [5.74, 6) is 1.37. The molecule has 4 nitrogen and oxygen atoms in total. The first-order chi connectivity index (χ1) is 10.2. The van der Waals surface area contributed by atoms with Crippen LogP contribution in [0, 0.1) is 0 Å². The largest absolute Gasteiger partial charge is 0.493 e. The van der Waals surface area contributed by atoms with Gasteiger partial charge in [-0.05, 0) is 29.8 Å². The molecule has 0 fully saturated rings. The summed E-state index contributed by atoms with van der Waals surface area (Å²) in [6.07, 6.45) is 1.71. The predicted molar refractivity (Wildman–Crippen MR) is 88.1 cm³/mol. The minimum atomic E-state index is 0.466. The second kappa shape index (κ2) is 7.69. The quantitative estimate of drug-likeness (QED) is 0.640. The summed E-state index contributed by atoms with van der Waals surface area (Å²) in [6.45, 7) is 0.466. The molecule has 1 N–H and O–H groups in total. The Balaban J connectivity index is 2.20. The second-order valence-corrected chi connectivity index (χ2v) is 5.19. The fraction of sp³-hybridized carbons (Fsp3) is 0.188. The molecule has 2 rings (SSSR count). The summed E-state index contributed by atoms with van der Waals surface area (Å²) in [4.78, 5) is 0. The van der Waals surface area contributed by atoms with Crippen LogP contribution in [-0.4, -0.2) is 20.4 Å². The van der Waals surface area contributed by atoms with E-state index in [0.717, 1.165) is 15.6 Å². The number of hydrogen-bond donors (Lipinski definition) is 1. The number of para-hydroxylation sites is 1.